The third-order valence-electron chi connectivity index (χ3n) is 4.56. The van der Waals surface area contributed by atoms with Crippen molar-refractivity contribution in [3.05, 3.63) is 75.6 Å². The second-order valence-corrected chi connectivity index (χ2v) is 9.46. The van der Waals surface area contributed by atoms with Gasteiger partial charge in [0, 0.05) is 22.5 Å². The monoisotopic (exact) mass is 446 g/mol. The second-order valence-electron chi connectivity index (χ2n) is 7.42. The van der Waals surface area contributed by atoms with E-state index >= 15 is 0 Å². The van der Waals surface area contributed by atoms with Gasteiger partial charge in [0.05, 0.1) is 4.90 Å². The fourth-order valence-electron chi connectivity index (χ4n) is 3.31. The fourth-order valence-corrected chi connectivity index (χ4v) is 4.44. The number of nitrogens with zero attached hydrogens (tertiary/aromatic N) is 2. The van der Waals surface area contributed by atoms with Gasteiger partial charge in [-0.1, -0.05) is 29.8 Å². The Labute approximate surface area is 180 Å². The van der Waals surface area contributed by atoms with Crippen LogP contribution in [-0.4, -0.2) is 31.2 Å². The molecule has 3 aromatic rings. The van der Waals surface area contributed by atoms with Crippen molar-refractivity contribution in [3.8, 4) is 0 Å². The summed E-state index contributed by atoms with van der Waals surface area (Å²) in [5.74, 6) is 0.0504. The van der Waals surface area contributed by atoms with Crippen LogP contribution in [0, 0.1) is 0 Å². The highest BCUT2D eigenvalue weighted by Gasteiger charge is 2.27. The third-order valence-corrected chi connectivity index (χ3v) is 6.09. The van der Waals surface area contributed by atoms with E-state index in [0.717, 1.165) is 0 Å². The molecule has 0 spiro atoms. The number of sulfonamides is 1. The number of halogens is 1. The van der Waals surface area contributed by atoms with Crippen LogP contribution in [0.1, 0.15) is 33.3 Å². The predicted octanol–water partition coefficient (Wildman–Crippen LogP) is 4.70. The largest absolute Gasteiger partial charge is 0.422 e. The van der Waals surface area contributed by atoms with Crippen LogP contribution < -0.4 is 5.63 Å². The number of benzene rings is 2. The van der Waals surface area contributed by atoms with E-state index < -0.39 is 15.6 Å². The minimum absolute atomic E-state index is 0.0120. The molecule has 6 nitrogen and oxygen atoms in total. The molecule has 0 saturated carbocycles. The minimum Gasteiger partial charge on any atom is -0.422 e. The molecule has 0 bridgehead atoms. The van der Waals surface area contributed by atoms with Gasteiger partial charge in [-0.25, -0.2) is 4.79 Å². The van der Waals surface area contributed by atoms with Crippen LogP contribution in [0.15, 0.2) is 73.1 Å². The molecule has 1 aromatic heterocycles. The quantitative estimate of drug-likeness (QED) is 0.322. The Morgan fingerprint density at radius 1 is 1.00 bits per heavy atom. The number of fused-ring (bicyclic) bond motifs is 1. The van der Waals surface area contributed by atoms with Crippen LogP contribution in [0.3, 0.4) is 0 Å². The van der Waals surface area contributed by atoms with Crippen molar-refractivity contribution in [2.24, 2.45) is 4.40 Å². The molecule has 0 aliphatic heterocycles. The summed E-state index contributed by atoms with van der Waals surface area (Å²) in [7, 11) is -4.10. The normalized spacial score (nSPS) is 12.7. The van der Waals surface area contributed by atoms with E-state index in [1.807, 2.05) is 33.8 Å². The Kier molecular flexibility index (Phi) is 6.33. The van der Waals surface area contributed by atoms with Gasteiger partial charge in [-0.2, -0.15) is 8.42 Å². The number of rotatable bonds is 5. The van der Waals surface area contributed by atoms with E-state index in [0.29, 0.717) is 16.0 Å². The van der Waals surface area contributed by atoms with Crippen LogP contribution in [0.2, 0.25) is 5.02 Å². The van der Waals surface area contributed by atoms with Crippen LogP contribution in [0.4, 0.5) is 0 Å². The van der Waals surface area contributed by atoms with Gasteiger partial charge in [-0.15, -0.1) is 4.40 Å². The summed E-state index contributed by atoms with van der Waals surface area (Å²) in [6.45, 7) is 7.64. The highest BCUT2D eigenvalue weighted by molar-refractivity contribution is 7.90. The summed E-state index contributed by atoms with van der Waals surface area (Å²) in [6.07, 6.45) is 0. The van der Waals surface area contributed by atoms with Gasteiger partial charge in [0.2, 0.25) is 0 Å². The first kappa shape index (κ1) is 22.1. The molecule has 2 aromatic carbocycles. The SMILES string of the molecule is CC(C)N(/C(=N/S(=O)(=O)c1ccc(Cl)cc1)c1cc2ccccc2oc1=O)C(C)C. The van der Waals surface area contributed by atoms with Gasteiger partial charge in [0.25, 0.3) is 10.0 Å². The van der Waals surface area contributed by atoms with Crippen LogP contribution in [0.25, 0.3) is 11.0 Å². The summed E-state index contributed by atoms with van der Waals surface area (Å²) in [6, 6.07) is 14.2. The van der Waals surface area contributed by atoms with E-state index in [1.165, 1.54) is 24.3 Å². The van der Waals surface area contributed by atoms with Crippen molar-refractivity contribution in [2.45, 2.75) is 44.7 Å². The smallest absolute Gasteiger partial charge is 0.347 e. The predicted molar refractivity (Wildman–Crippen MR) is 120 cm³/mol. The fraction of sp³-hybridized carbons (Fsp3) is 0.273. The molecule has 1 heterocycles. The molecule has 0 unspecified atom stereocenters. The Hall–Kier alpha value is -2.64. The van der Waals surface area contributed by atoms with Crippen molar-refractivity contribution < 1.29 is 12.8 Å². The molecule has 3 rings (SSSR count). The van der Waals surface area contributed by atoms with E-state index in [9.17, 15) is 13.2 Å². The number of hydrogen-bond donors (Lipinski definition) is 0. The van der Waals surface area contributed by atoms with Gasteiger partial charge in [0.15, 0.2) is 5.84 Å². The number of amidine groups is 1. The topological polar surface area (TPSA) is 80.0 Å². The highest BCUT2D eigenvalue weighted by Crippen LogP contribution is 2.21. The lowest BCUT2D eigenvalue weighted by Gasteiger charge is -2.33. The maximum atomic E-state index is 13.1. The average molecular weight is 447 g/mol. The third kappa shape index (κ3) is 4.57. The lowest BCUT2D eigenvalue weighted by molar-refractivity contribution is 0.292. The van der Waals surface area contributed by atoms with Gasteiger partial charge in [0.1, 0.15) is 11.1 Å². The summed E-state index contributed by atoms with van der Waals surface area (Å²) >= 11 is 5.88. The molecule has 0 amide bonds. The Morgan fingerprint density at radius 2 is 1.60 bits per heavy atom. The molecule has 0 saturated heterocycles. The zero-order chi connectivity index (χ0) is 22.1. The first-order valence-corrected chi connectivity index (χ1v) is 11.3. The molecule has 0 N–H and O–H groups in total. The maximum Gasteiger partial charge on any atom is 0.347 e. The molecule has 8 heteroatoms. The summed E-state index contributed by atoms with van der Waals surface area (Å²) in [4.78, 5) is 14.6. The maximum absolute atomic E-state index is 13.1. The molecule has 30 heavy (non-hydrogen) atoms. The van der Waals surface area contributed by atoms with Crippen molar-refractivity contribution in [3.63, 3.8) is 0 Å². The Bertz CT molecular complexity index is 1240. The van der Waals surface area contributed by atoms with Gasteiger partial charge in [-0.3, -0.25) is 0 Å². The zero-order valence-electron chi connectivity index (χ0n) is 17.2. The molecule has 158 valence electrons. The first-order valence-electron chi connectivity index (χ1n) is 9.52. The van der Waals surface area contributed by atoms with Crippen molar-refractivity contribution in [2.75, 3.05) is 0 Å². The Balaban J connectivity index is 2.29. The molecular formula is C22H23ClN2O4S. The summed E-state index contributed by atoms with van der Waals surface area (Å²) < 4.78 is 35.7. The number of para-hydroxylation sites is 1. The van der Waals surface area contributed by atoms with E-state index in [1.54, 1.807) is 29.2 Å². The standard InChI is InChI=1S/C22H23ClN2O4S/c1-14(2)25(15(3)4)21(24-30(27,28)18-11-9-17(23)10-12-18)19-13-16-7-5-6-8-20(16)29-22(19)26/h5-15H,1-4H3/b24-21+. The average Bonchev–Trinajstić information content (AvgIpc) is 2.66. The van der Waals surface area contributed by atoms with Gasteiger partial charge in [-0.05, 0) is 64.1 Å². The second kappa shape index (κ2) is 8.62. The molecular weight excluding hydrogens is 424 g/mol. The minimum atomic E-state index is -4.10. The summed E-state index contributed by atoms with van der Waals surface area (Å²) in [5.41, 5.74) is -0.134. The van der Waals surface area contributed by atoms with E-state index in [-0.39, 0.29) is 28.4 Å². The van der Waals surface area contributed by atoms with E-state index in [2.05, 4.69) is 4.40 Å². The Morgan fingerprint density at radius 3 is 2.20 bits per heavy atom. The van der Waals surface area contributed by atoms with Crippen molar-refractivity contribution >= 4 is 38.4 Å². The zero-order valence-corrected chi connectivity index (χ0v) is 18.7. The lowest BCUT2D eigenvalue weighted by atomic mass is 10.1. The molecule has 0 radical (unpaired) electrons. The summed E-state index contributed by atoms with van der Waals surface area (Å²) in [5, 5.41) is 1.09. The first-order chi connectivity index (χ1) is 14.1. The van der Waals surface area contributed by atoms with Gasteiger partial charge >= 0.3 is 5.63 Å². The molecule has 0 aliphatic rings. The van der Waals surface area contributed by atoms with Crippen LogP contribution in [-0.2, 0) is 10.0 Å². The van der Waals surface area contributed by atoms with E-state index in [4.69, 9.17) is 16.0 Å². The van der Waals surface area contributed by atoms with Crippen molar-refractivity contribution in [1.82, 2.24) is 4.90 Å². The van der Waals surface area contributed by atoms with Crippen LogP contribution >= 0.6 is 11.6 Å². The molecule has 0 atom stereocenters. The molecule has 0 fully saturated rings. The van der Waals surface area contributed by atoms with Crippen LogP contribution in [0.5, 0.6) is 0 Å². The highest BCUT2D eigenvalue weighted by atomic mass is 35.5. The van der Waals surface area contributed by atoms with Gasteiger partial charge < -0.3 is 9.32 Å². The lowest BCUT2D eigenvalue weighted by Crippen LogP contribution is -2.44. The van der Waals surface area contributed by atoms with Crippen molar-refractivity contribution in [1.29, 1.82) is 0 Å². The number of hydrogen-bond acceptors (Lipinski definition) is 4. The molecule has 0 aliphatic carbocycles.